The number of ether oxygens (including phenoxy) is 1. The summed E-state index contributed by atoms with van der Waals surface area (Å²) in [6.07, 6.45) is 1.26. The summed E-state index contributed by atoms with van der Waals surface area (Å²) in [5.74, 6) is -0.801. The van der Waals surface area contributed by atoms with Gasteiger partial charge in [-0.15, -0.1) is 0 Å². The van der Waals surface area contributed by atoms with Crippen molar-refractivity contribution in [3.05, 3.63) is 23.8 Å². The maximum absolute atomic E-state index is 12.5. The fourth-order valence-electron chi connectivity index (χ4n) is 2.86. The molecule has 0 aliphatic carbocycles. The van der Waals surface area contributed by atoms with Gasteiger partial charge in [-0.1, -0.05) is 0 Å². The maximum atomic E-state index is 12.5. The number of hydrogen-bond acceptors (Lipinski definition) is 4. The van der Waals surface area contributed by atoms with E-state index in [2.05, 4.69) is 5.32 Å². The third kappa shape index (κ3) is 5.11. The molecule has 26 heavy (non-hydrogen) atoms. The number of anilines is 1. The molecule has 0 saturated carbocycles. The second kappa shape index (κ2) is 8.55. The number of carboxylic acid groups (broad SMARTS) is 1. The van der Waals surface area contributed by atoms with Gasteiger partial charge in [-0.3, -0.25) is 4.79 Å². The molecule has 1 aliphatic rings. The molecule has 8 heteroatoms. The Morgan fingerprint density at radius 3 is 2.46 bits per heavy atom. The minimum Gasteiger partial charge on any atom is -0.482 e. The fraction of sp³-hybridized carbons (Fsp3) is 0.500. The monoisotopic (exact) mass is 363 g/mol. The molecule has 0 bridgehead atoms. The summed E-state index contributed by atoms with van der Waals surface area (Å²) in [6, 6.07) is 4.99. The van der Waals surface area contributed by atoms with Gasteiger partial charge in [0, 0.05) is 38.8 Å². The number of carbonyl (C=O) groups excluding carboxylic acids is 2. The third-order valence-corrected chi connectivity index (χ3v) is 4.34. The van der Waals surface area contributed by atoms with E-state index < -0.39 is 12.6 Å². The molecular weight excluding hydrogens is 338 g/mol. The second-order valence-corrected chi connectivity index (χ2v) is 6.59. The van der Waals surface area contributed by atoms with E-state index in [1.54, 1.807) is 37.2 Å². The van der Waals surface area contributed by atoms with E-state index in [4.69, 9.17) is 9.84 Å². The number of aliphatic carboxylic acids is 1. The molecule has 0 radical (unpaired) electrons. The molecule has 0 spiro atoms. The average molecular weight is 363 g/mol. The van der Waals surface area contributed by atoms with Crippen LogP contribution < -0.4 is 10.1 Å². The number of urea groups is 1. The number of benzene rings is 1. The van der Waals surface area contributed by atoms with Crippen LogP contribution in [0.1, 0.15) is 18.4 Å². The fourth-order valence-corrected chi connectivity index (χ4v) is 2.86. The molecule has 0 unspecified atom stereocenters. The highest BCUT2D eigenvalue weighted by Crippen LogP contribution is 2.24. The summed E-state index contributed by atoms with van der Waals surface area (Å²) in [7, 11) is 3.43. The first-order valence-electron chi connectivity index (χ1n) is 8.50. The van der Waals surface area contributed by atoms with Crippen LogP contribution in [-0.2, 0) is 9.59 Å². The maximum Gasteiger partial charge on any atom is 0.341 e. The molecule has 0 aromatic heterocycles. The predicted octanol–water partition coefficient (Wildman–Crippen LogP) is 1.79. The molecule has 8 nitrogen and oxygen atoms in total. The van der Waals surface area contributed by atoms with Crippen LogP contribution in [0.15, 0.2) is 18.2 Å². The molecule has 1 heterocycles. The number of amides is 3. The zero-order chi connectivity index (χ0) is 19.3. The summed E-state index contributed by atoms with van der Waals surface area (Å²) in [5.41, 5.74) is 1.46. The summed E-state index contributed by atoms with van der Waals surface area (Å²) >= 11 is 0. The van der Waals surface area contributed by atoms with E-state index in [0.717, 1.165) is 5.56 Å². The molecule has 1 aromatic carbocycles. The number of carbonyl (C=O) groups is 3. The van der Waals surface area contributed by atoms with E-state index in [9.17, 15) is 14.4 Å². The SMILES string of the molecule is Cc1cc(OCC(=O)O)ccc1NC(=O)C1CCN(C(=O)N(C)C)CC1. The van der Waals surface area contributed by atoms with E-state index in [1.165, 1.54) is 4.90 Å². The molecule has 1 aliphatic heterocycles. The highest BCUT2D eigenvalue weighted by Gasteiger charge is 2.28. The van der Waals surface area contributed by atoms with Crippen molar-refractivity contribution in [2.75, 3.05) is 39.1 Å². The quantitative estimate of drug-likeness (QED) is 0.831. The molecule has 0 atom stereocenters. The lowest BCUT2D eigenvalue weighted by atomic mass is 9.96. The average Bonchev–Trinajstić information content (AvgIpc) is 2.61. The van der Waals surface area contributed by atoms with Crippen molar-refractivity contribution >= 4 is 23.6 Å². The Morgan fingerprint density at radius 1 is 1.27 bits per heavy atom. The molecular formula is C18H25N3O5. The van der Waals surface area contributed by atoms with Crippen molar-refractivity contribution in [1.82, 2.24) is 9.80 Å². The topological polar surface area (TPSA) is 99.2 Å². The lowest BCUT2D eigenvalue weighted by Crippen LogP contribution is -2.45. The number of rotatable bonds is 5. The molecule has 2 rings (SSSR count). The summed E-state index contributed by atoms with van der Waals surface area (Å²) in [4.78, 5) is 38.3. The first kappa shape index (κ1) is 19.6. The van der Waals surface area contributed by atoms with E-state index in [-0.39, 0.29) is 17.9 Å². The zero-order valence-corrected chi connectivity index (χ0v) is 15.3. The highest BCUT2D eigenvalue weighted by atomic mass is 16.5. The van der Waals surface area contributed by atoms with Crippen LogP contribution in [0.3, 0.4) is 0 Å². The highest BCUT2D eigenvalue weighted by molar-refractivity contribution is 5.93. The van der Waals surface area contributed by atoms with Gasteiger partial charge in [0.2, 0.25) is 5.91 Å². The normalized spacial score (nSPS) is 14.7. The minimum absolute atomic E-state index is 0.0309. The van der Waals surface area contributed by atoms with Crippen LogP contribution in [0.4, 0.5) is 10.5 Å². The molecule has 1 saturated heterocycles. The van der Waals surface area contributed by atoms with Gasteiger partial charge in [0.15, 0.2) is 6.61 Å². The predicted molar refractivity (Wildman–Crippen MR) is 96.3 cm³/mol. The van der Waals surface area contributed by atoms with Gasteiger partial charge in [-0.05, 0) is 43.5 Å². The van der Waals surface area contributed by atoms with Gasteiger partial charge in [0.1, 0.15) is 5.75 Å². The van der Waals surface area contributed by atoms with Crippen LogP contribution >= 0.6 is 0 Å². The van der Waals surface area contributed by atoms with Crippen LogP contribution in [-0.4, -0.2) is 66.6 Å². The Bertz CT molecular complexity index is 681. The van der Waals surface area contributed by atoms with E-state index >= 15 is 0 Å². The molecule has 1 fully saturated rings. The molecule has 142 valence electrons. The number of likely N-dealkylation sites (tertiary alicyclic amines) is 1. The van der Waals surface area contributed by atoms with Crippen molar-refractivity contribution in [3.63, 3.8) is 0 Å². The Hall–Kier alpha value is -2.77. The van der Waals surface area contributed by atoms with Crippen LogP contribution in [0.25, 0.3) is 0 Å². The van der Waals surface area contributed by atoms with Crippen LogP contribution in [0, 0.1) is 12.8 Å². The standard InChI is InChI=1S/C18H25N3O5/c1-12-10-14(26-11-16(22)23)4-5-15(12)19-17(24)13-6-8-21(9-7-13)18(25)20(2)3/h4-5,10,13H,6-9,11H2,1-3H3,(H,19,24)(H,22,23). The first-order chi connectivity index (χ1) is 12.3. The van der Waals surface area contributed by atoms with E-state index in [0.29, 0.717) is 37.4 Å². The van der Waals surface area contributed by atoms with Crippen molar-refractivity contribution in [1.29, 1.82) is 0 Å². The third-order valence-electron chi connectivity index (χ3n) is 4.34. The van der Waals surface area contributed by atoms with Crippen LogP contribution in [0.2, 0.25) is 0 Å². The Labute approximate surface area is 152 Å². The van der Waals surface area contributed by atoms with Crippen LogP contribution in [0.5, 0.6) is 5.75 Å². The Balaban J connectivity index is 1.90. The molecule has 2 N–H and O–H groups in total. The minimum atomic E-state index is -1.04. The summed E-state index contributed by atoms with van der Waals surface area (Å²) in [6.45, 7) is 2.54. The van der Waals surface area contributed by atoms with Crippen molar-refractivity contribution in [2.24, 2.45) is 5.92 Å². The zero-order valence-electron chi connectivity index (χ0n) is 15.3. The largest absolute Gasteiger partial charge is 0.482 e. The lowest BCUT2D eigenvalue weighted by molar-refractivity contribution is -0.139. The van der Waals surface area contributed by atoms with Gasteiger partial charge in [-0.25, -0.2) is 9.59 Å². The van der Waals surface area contributed by atoms with Gasteiger partial charge in [0.05, 0.1) is 0 Å². The van der Waals surface area contributed by atoms with Gasteiger partial charge in [0.25, 0.3) is 0 Å². The van der Waals surface area contributed by atoms with Crippen molar-refractivity contribution < 1.29 is 24.2 Å². The smallest absolute Gasteiger partial charge is 0.341 e. The second-order valence-electron chi connectivity index (χ2n) is 6.59. The molecule has 3 amide bonds. The summed E-state index contributed by atoms with van der Waals surface area (Å²) < 4.78 is 5.12. The van der Waals surface area contributed by atoms with Crippen molar-refractivity contribution in [3.8, 4) is 5.75 Å². The number of piperidine rings is 1. The lowest BCUT2D eigenvalue weighted by Gasteiger charge is -2.33. The Morgan fingerprint density at radius 2 is 1.92 bits per heavy atom. The van der Waals surface area contributed by atoms with Gasteiger partial charge >= 0.3 is 12.0 Å². The number of nitrogens with zero attached hydrogens (tertiary/aromatic N) is 2. The molecule has 1 aromatic rings. The number of hydrogen-bond donors (Lipinski definition) is 2. The number of aryl methyl sites for hydroxylation is 1. The van der Waals surface area contributed by atoms with Gasteiger partial charge < -0.3 is 25.0 Å². The number of nitrogens with one attached hydrogen (secondary N) is 1. The first-order valence-corrected chi connectivity index (χ1v) is 8.50. The van der Waals surface area contributed by atoms with Gasteiger partial charge in [-0.2, -0.15) is 0 Å². The van der Waals surface area contributed by atoms with Crippen molar-refractivity contribution in [2.45, 2.75) is 19.8 Å². The van der Waals surface area contributed by atoms with E-state index in [1.807, 2.05) is 6.92 Å². The Kier molecular flexibility index (Phi) is 6.43. The number of carboxylic acids is 1. The summed E-state index contributed by atoms with van der Waals surface area (Å²) in [5, 5.41) is 11.6.